The third-order valence-corrected chi connectivity index (χ3v) is 1.78. The van der Waals surface area contributed by atoms with Gasteiger partial charge in [0.2, 0.25) is 0 Å². The Labute approximate surface area is 86.7 Å². The maximum absolute atomic E-state index is 10.8. The van der Waals surface area contributed by atoms with Crippen molar-refractivity contribution in [3.8, 4) is 0 Å². The molecule has 2 nitrogen and oxygen atoms in total. The van der Waals surface area contributed by atoms with Gasteiger partial charge in [0.15, 0.2) is 5.78 Å². The Morgan fingerprint density at radius 1 is 1.29 bits per heavy atom. The summed E-state index contributed by atoms with van der Waals surface area (Å²) in [4.78, 5) is 20.5. The van der Waals surface area contributed by atoms with Crippen LogP contribution in [0.4, 0.5) is 0 Å². The van der Waals surface area contributed by atoms with Gasteiger partial charge in [0.05, 0.1) is 0 Å². The van der Waals surface area contributed by atoms with E-state index < -0.39 is 0 Å². The molecule has 2 heteroatoms. The number of Topliss-reactive ketones (excluding diaryl/α,β-unsaturated/α-hetero) is 1. The Hall–Kier alpha value is -1.18. The molecule has 0 heterocycles. The number of ketones is 2. The molecule has 0 N–H and O–H groups in total. The fourth-order valence-electron chi connectivity index (χ4n) is 0.983. The summed E-state index contributed by atoms with van der Waals surface area (Å²) in [6, 6.07) is 0. The molecule has 0 amide bonds. The van der Waals surface area contributed by atoms with Crippen LogP contribution < -0.4 is 0 Å². The van der Waals surface area contributed by atoms with E-state index in [1.54, 1.807) is 6.92 Å². The van der Waals surface area contributed by atoms with Crippen LogP contribution in [0.1, 0.15) is 34.1 Å². The molecule has 0 rings (SSSR count). The van der Waals surface area contributed by atoms with Crippen molar-refractivity contribution in [3.63, 3.8) is 0 Å². The molecule has 0 saturated carbocycles. The lowest BCUT2D eigenvalue weighted by molar-refractivity contribution is -0.119. The van der Waals surface area contributed by atoms with Gasteiger partial charge in [-0.15, -0.1) is 0 Å². The highest BCUT2D eigenvalue weighted by molar-refractivity contribution is 5.86. The Kier molecular flexibility index (Phi) is 9.20. The van der Waals surface area contributed by atoms with E-state index in [-0.39, 0.29) is 17.5 Å². The first-order valence-electron chi connectivity index (χ1n) is 4.65. The van der Waals surface area contributed by atoms with Gasteiger partial charge in [-0.25, -0.2) is 0 Å². The lowest BCUT2D eigenvalue weighted by Crippen LogP contribution is -2.09. The predicted molar refractivity (Wildman–Crippen MR) is 60.2 cm³/mol. The van der Waals surface area contributed by atoms with Crippen LogP contribution in [0.2, 0.25) is 0 Å². The summed E-state index contributed by atoms with van der Waals surface area (Å²) >= 11 is 0. The zero-order valence-electron chi connectivity index (χ0n) is 9.59. The van der Waals surface area contributed by atoms with Crippen LogP contribution in [0.5, 0.6) is 0 Å². The second-order valence-electron chi connectivity index (χ2n) is 3.23. The molecular weight excluding hydrogens is 176 g/mol. The summed E-state index contributed by atoms with van der Waals surface area (Å²) in [5.41, 5.74) is 0.977. The lowest BCUT2D eigenvalue weighted by Gasteiger charge is -2.08. The molecule has 0 spiro atoms. The minimum atomic E-state index is 0.0185. The summed E-state index contributed by atoms with van der Waals surface area (Å²) in [5, 5.41) is 0. The van der Waals surface area contributed by atoms with Crippen LogP contribution in [0, 0.1) is 5.92 Å². The van der Waals surface area contributed by atoms with E-state index >= 15 is 0 Å². The number of carbonyl (C=O) groups is 2. The molecule has 0 fully saturated rings. The van der Waals surface area contributed by atoms with E-state index in [4.69, 9.17) is 0 Å². The third kappa shape index (κ3) is 8.91. The summed E-state index contributed by atoms with van der Waals surface area (Å²) in [7, 11) is 0. The molecule has 1 atom stereocenters. The molecule has 14 heavy (non-hydrogen) atoms. The largest absolute Gasteiger partial charge is 0.299 e. The van der Waals surface area contributed by atoms with Crippen molar-refractivity contribution in [1.82, 2.24) is 0 Å². The summed E-state index contributed by atoms with van der Waals surface area (Å²) in [6.07, 6.45) is 2.16. The molecule has 1 unspecified atom stereocenters. The highest BCUT2D eigenvalue weighted by Crippen LogP contribution is 2.12. The summed E-state index contributed by atoms with van der Waals surface area (Å²) < 4.78 is 0. The van der Waals surface area contributed by atoms with Crippen molar-refractivity contribution in [2.75, 3.05) is 0 Å². The molecule has 0 aliphatic rings. The maximum atomic E-state index is 10.8. The predicted octanol–water partition coefficient (Wildman–Crippen LogP) is 2.94. The van der Waals surface area contributed by atoms with Gasteiger partial charge in [0.1, 0.15) is 5.78 Å². The zero-order valence-corrected chi connectivity index (χ0v) is 9.59. The zero-order chi connectivity index (χ0) is 11.7. The smallest absolute Gasteiger partial charge is 0.152 e. The average molecular weight is 196 g/mol. The normalized spacial score (nSPS) is 10.6. The first-order chi connectivity index (χ1) is 6.36. The first-order valence-corrected chi connectivity index (χ1v) is 4.65. The van der Waals surface area contributed by atoms with E-state index in [1.807, 2.05) is 13.8 Å². The van der Waals surface area contributed by atoms with Gasteiger partial charge in [-0.2, -0.15) is 0 Å². The maximum Gasteiger partial charge on any atom is 0.152 e. The molecular formula is C12H20O2. The Morgan fingerprint density at radius 3 is 1.64 bits per heavy atom. The van der Waals surface area contributed by atoms with E-state index in [9.17, 15) is 9.59 Å². The third-order valence-electron chi connectivity index (χ3n) is 1.78. The molecule has 0 aliphatic heterocycles. The van der Waals surface area contributed by atoms with Crippen LogP contribution in [-0.2, 0) is 9.59 Å². The molecule has 0 aromatic carbocycles. The van der Waals surface area contributed by atoms with Gasteiger partial charge in [-0.1, -0.05) is 25.7 Å². The molecule has 80 valence electrons. The van der Waals surface area contributed by atoms with Gasteiger partial charge >= 0.3 is 0 Å². The lowest BCUT2D eigenvalue weighted by atomic mass is 9.95. The van der Waals surface area contributed by atoms with Gasteiger partial charge < -0.3 is 0 Å². The number of hydrogen-bond donors (Lipinski definition) is 0. The van der Waals surface area contributed by atoms with E-state index in [2.05, 4.69) is 13.2 Å². The Morgan fingerprint density at radius 2 is 1.64 bits per heavy atom. The van der Waals surface area contributed by atoms with Crippen molar-refractivity contribution < 1.29 is 9.59 Å². The molecule has 0 aliphatic carbocycles. The van der Waals surface area contributed by atoms with Crippen molar-refractivity contribution >= 4 is 11.6 Å². The second kappa shape index (κ2) is 8.42. The minimum Gasteiger partial charge on any atom is -0.299 e. The molecule has 0 bridgehead atoms. The fraction of sp³-hybridized carbons (Fsp3) is 0.500. The van der Waals surface area contributed by atoms with Crippen molar-refractivity contribution in [3.05, 3.63) is 24.8 Å². The van der Waals surface area contributed by atoms with E-state index in [0.717, 1.165) is 12.0 Å². The van der Waals surface area contributed by atoms with Crippen molar-refractivity contribution in [2.45, 2.75) is 34.1 Å². The SMILES string of the molecule is C=C(C)C(CC)C(C)=O.C=CC(C)=O. The monoisotopic (exact) mass is 196 g/mol. The average Bonchev–Trinajstić information content (AvgIpc) is 2.05. The topological polar surface area (TPSA) is 34.1 Å². The molecule has 0 radical (unpaired) electrons. The van der Waals surface area contributed by atoms with Crippen LogP contribution in [0.3, 0.4) is 0 Å². The first kappa shape index (κ1) is 15.3. The standard InChI is InChI=1S/C8H14O.C4H6O/c1-5-8(6(2)3)7(4)9;1-3-4(2)5/h8H,2,5H2,1,3-4H3;3H,1H2,2H3. The number of carbonyl (C=O) groups excluding carboxylic acids is 2. The summed E-state index contributed by atoms with van der Waals surface area (Å²) in [5.74, 6) is 0.333. The van der Waals surface area contributed by atoms with Gasteiger partial charge in [-0.05, 0) is 33.3 Å². The molecule has 0 saturated heterocycles. The van der Waals surface area contributed by atoms with Crippen LogP contribution >= 0.6 is 0 Å². The minimum absolute atomic E-state index is 0.0185. The van der Waals surface area contributed by atoms with Crippen LogP contribution in [0.15, 0.2) is 24.8 Å². The highest BCUT2D eigenvalue weighted by atomic mass is 16.1. The summed E-state index contributed by atoms with van der Waals surface area (Å²) in [6.45, 7) is 13.9. The fourth-order valence-corrected chi connectivity index (χ4v) is 0.983. The molecule has 0 aromatic heterocycles. The van der Waals surface area contributed by atoms with Crippen molar-refractivity contribution in [2.24, 2.45) is 5.92 Å². The number of allylic oxidation sites excluding steroid dienone is 2. The quantitative estimate of drug-likeness (QED) is 0.511. The van der Waals surface area contributed by atoms with Gasteiger partial charge in [0, 0.05) is 5.92 Å². The van der Waals surface area contributed by atoms with E-state index in [1.165, 1.54) is 13.0 Å². The van der Waals surface area contributed by atoms with Crippen LogP contribution in [0.25, 0.3) is 0 Å². The Balaban J connectivity index is 0. The van der Waals surface area contributed by atoms with E-state index in [0.29, 0.717) is 0 Å². The molecule has 0 aromatic rings. The van der Waals surface area contributed by atoms with Gasteiger partial charge in [0.25, 0.3) is 0 Å². The number of hydrogen-bond acceptors (Lipinski definition) is 2. The highest BCUT2D eigenvalue weighted by Gasteiger charge is 2.10. The van der Waals surface area contributed by atoms with Gasteiger partial charge in [-0.3, -0.25) is 9.59 Å². The van der Waals surface area contributed by atoms with Crippen LogP contribution in [-0.4, -0.2) is 11.6 Å². The van der Waals surface area contributed by atoms with Crippen molar-refractivity contribution in [1.29, 1.82) is 0 Å². The second-order valence-corrected chi connectivity index (χ2v) is 3.23. The Bertz CT molecular complexity index is 212. The number of rotatable bonds is 4.